The monoisotopic (exact) mass is 300 g/mol. The van der Waals surface area contributed by atoms with Gasteiger partial charge in [-0.3, -0.25) is 0 Å². The number of phenols is 1. The number of carboxylic acids is 1. The summed E-state index contributed by atoms with van der Waals surface area (Å²) >= 11 is 1.56. The Morgan fingerprint density at radius 2 is 1.90 bits per heavy atom. The number of carboxylic acid groups (broad SMARTS) is 1. The summed E-state index contributed by atoms with van der Waals surface area (Å²) in [4.78, 5) is 11.0. The van der Waals surface area contributed by atoms with Crippen LogP contribution in [0.5, 0.6) is 11.5 Å². The average molecular weight is 300 g/mol. The van der Waals surface area contributed by atoms with Crippen LogP contribution in [0.4, 0.5) is 0 Å². The molecule has 0 saturated carbocycles. The Morgan fingerprint density at radius 3 is 2.62 bits per heavy atom. The number of hydrogen-bond donors (Lipinski definition) is 2. The number of ether oxygens (including phenoxy) is 1. The molecule has 1 aromatic heterocycles. The minimum Gasteiger partial charge on any atom is -0.508 e. The van der Waals surface area contributed by atoms with Crippen LogP contribution in [0, 0.1) is 0 Å². The molecule has 0 amide bonds. The lowest BCUT2D eigenvalue weighted by molar-refractivity contribution is 0.0697. The Labute approximate surface area is 124 Å². The van der Waals surface area contributed by atoms with E-state index in [1.807, 2.05) is 11.4 Å². The Kier molecular flexibility index (Phi) is 3.50. The summed E-state index contributed by atoms with van der Waals surface area (Å²) in [5.41, 5.74) is 1.22. The molecule has 0 radical (unpaired) electrons. The SMILES string of the molecule is O=C(O)c1ccc2scc(COc3ccc(O)cc3)c2c1. The maximum absolute atomic E-state index is 11.0. The van der Waals surface area contributed by atoms with E-state index < -0.39 is 5.97 Å². The van der Waals surface area contributed by atoms with E-state index >= 15 is 0 Å². The third kappa shape index (κ3) is 2.83. The molecule has 0 aliphatic carbocycles. The molecule has 0 atom stereocenters. The first kappa shape index (κ1) is 13.5. The van der Waals surface area contributed by atoms with Crippen molar-refractivity contribution in [2.24, 2.45) is 0 Å². The second kappa shape index (κ2) is 5.46. The molecular weight excluding hydrogens is 288 g/mol. The van der Waals surface area contributed by atoms with E-state index in [0.29, 0.717) is 12.4 Å². The lowest BCUT2D eigenvalue weighted by Crippen LogP contribution is -1.97. The Bertz CT molecular complexity index is 790. The number of thiophene rings is 1. The average Bonchev–Trinajstić information content (AvgIpc) is 2.89. The van der Waals surface area contributed by atoms with Crippen LogP contribution in [-0.4, -0.2) is 16.2 Å². The molecule has 1 heterocycles. The summed E-state index contributed by atoms with van der Waals surface area (Å²) in [5, 5.41) is 21.1. The fourth-order valence-corrected chi connectivity index (χ4v) is 2.96. The quantitative estimate of drug-likeness (QED) is 0.767. The van der Waals surface area contributed by atoms with Gasteiger partial charge in [-0.15, -0.1) is 11.3 Å². The summed E-state index contributed by atoms with van der Waals surface area (Å²) in [7, 11) is 0. The van der Waals surface area contributed by atoms with Crippen molar-refractivity contribution in [2.75, 3.05) is 0 Å². The molecule has 0 fully saturated rings. The smallest absolute Gasteiger partial charge is 0.335 e. The van der Waals surface area contributed by atoms with E-state index in [1.54, 1.807) is 47.7 Å². The van der Waals surface area contributed by atoms with Gasteiger partial charge < -0.3 is 14.9 Å². The molecule has 4 nitrogen and oxygen atoms in total. The van der Waals surface area contributed by atoms with Crippen LogP contribution in [0.2, 0.25) is 0 Å². The molecule has 21 heavy (non-hydrogen) atoms. The van der Waals surface area contributed by atoms with Gasteiger partial charge in [-0.1, -0.05) is 0 Å². The van der Waals surface area contributed by atoms with Gasteiger partial charge in [0.05, 0.1) is 5.56 Å². The molecule has 2 N–H and O–H groups in total. The van der Waals surface area contributed by atoms with E-state index in [2.05, 4.69) is 0 Å². The highest BCUT2D eigenvalue weighted by Crippen LogP contribution is 2.28. The minimum atomic E-state index is -0.937. The molecule has 0 spiro atoms. The first-order valence-corrected chi connectivity index (χ1v) is 7.17. The van der Waals surface area contributed by atoms with Crippen molar-refractivity contribution in [3.8, 4) is 11.5 Å². The third-order valence-corrected chi connectivity index (χ3v) is 4.14. The highest BCUT2D eigenvalue weighted by molar-refractivity contribution is 7.17. The number of benzene rings is 2. The van der Waals surface area contributed by atoms with Gasteiger partial charge in [-0.05, 0) is 53.2 Å². The highest BCUT2D eigenvalue weighted by Gasteiger charge is 2.09. The number of rotatable bonds is 4. The normalized spacial score (nSPS) is 10.7. The summed E-state index contributed by atoms with van der Waals surface area (Å²) in [6.45, 7) is 0.355. The molecule has 0 saturated heterocycles. The minimum absolute atomic E-state index is 0.189. The fourth-order valence-electron chi connectivity index (χ4n) is 2.03. The molecule has 0 unspecified atom stereocenters. The van der Waals surface area contributed by atoms with Gasteiger partial charge >= 0.3 is 5.97 Å². The van der Waals surface area contributed by atoms with Crippen LogP contribution in [0.15, 0.2) is 47.8 Å². The number of hydrogen-bond acceptors (Lipinski definition) is 4. The lowest BCUT2D eigenvalue weighted by atomic mass is 10.1. The van der Waals surface area contributed by atoms with Gasteiger partial charge in [0, 0.05) is 10.3 Å². The van der Waals surface area contributed by atoms with E-state index in [1.165, 1.54) is 0 Å². The summed E-state index contributed by atoms with van der Waals surface area (Å²) in [6.07, 6.45) is 0. The number of aromatic hydroxyl groups is 1. The van der Waals surface area contributed by atoms with Crippen molar-refractivity contribution < 1.29 is 19.7 Å². The van der Waals surface area contributed by atoms with Crippen molar-refractivity contribution >= 4 is 27.4 Å². The number of phenolic OH excluding ortho intramolecular Hbond substituents is 1. The second-order valence-electron chi connectivity index (χ2n) is 4.56. The van der Waals surface area contributed by atoms with Crippen LogP contribution < -0.4 is 4.74 Å². The molecule has 0 aliphatic heterocycles. The highest BCUT2D eigenvalue weighted by atomic mass is 32.1. The predicted molar refractivity (Wildman–Crippen MR) is 81.2 cm³/mol. The lowest BCUT2D eigenvalue weighted by Gasteiger charge is -2.05. The third-order valence-electron chi connectivity index (χ3n) is 3.13. The van der Waals surface area contributed by atoms with Crippen LogP contribution >= 0.6 is 11.3 Å². The topological polar surface area (TPSA) is 66.8 Å². The van der Waals surface area contributed by atoms with Gasteiger partial charge in [0.2, 0.25) is 0 Å². The van der Waals surface area contributed by atoms with Crippen molar-refractivity contribution in [3.05, 3.63) is 59.0 Å². The molecule has 5 heteroatoms. The summed E-state index contributed by atoms with van der Waals surface area (Å²) in [5.74, 6) is -0.0931. The maximum Gasteiger partial charge on any atom is 0.335 e. The Morgan fingerprint density at radius 1 is 1.14 bits per heavy atom. The Hall–Kier alpha value is -2.53. The van der Waals surface area contributed by atoms with Gasteiger partial charge in [0.1, 0.15) is 18.1 Å². The molecular formula is C16H12O4S. The Balaban J connectivity index is 1.84. The number of carbonyl (C=O) groups is 1. The molecule has 106 valence electrons. The number of fused-ring (bicyclic) bond motifs is 1. The van der Waals surface area contributed by atoms with Crippen molar-refractivity contribution in [2.45, 2.75) is 6.61 Å². The molecule has 3 rings (SSSR count). The zero-order chi connectivity index (χ0) is 14.8. The summed E-state index contributed by atoms with van der Waals surface area (Å²) < 4.78 is 6.69. The van der Waals surface area contributed by atoms with E-state index in [9.17, 15) is 9.90 Å². The fraction of sp³-hybridized carbons (Fsp3) is 0.0625. The van der Waals surface area contributed by atoms with Crippen LogP contribution in [0.25, 0.3) is 10.1 Å². The zero-order valence-corrected chi connectivity index (χ0v) is 11.8. The van der Waals surface area contributed by atoms with Gasteiger partial charge in [-0.25, -0.2) is 4.79 Å². The molecule has 2 aromatic carbocycles. The maximum atomic E-state index is 11.0. The molecule has 3 aromatic rings. The van der Waals surface area contributed by atoms with Crippen LogP contribution in [-0.2, 0) is 6.61 Å². The summed E-state index contributed by atoms with van der Waals surface area (Å²) in [6, 6.07) is 11.6. The largest absolute Gasteiger partial charge is 0.508 e. The van der Waals surface area contributed by atoms with E-state index in [-0.39, 0.29) is 11.3 Å². The van der Waals surface area contributed by atoms with Crippen molar-refractivity contribution in [1.82, 2.24) is 0 Å². The van der Waals surface area contributed by atoms with Crippen molar-refractivity contribution in [1.29, 1.82) is 0 Å². The first-order chi connectivity index (χ1) is 10.1. The van der Waals surface area contributed by atoms with Gasteiger partial charge in [0.25, 0.3) is 0 Å². The van der Waals surface area contributed by atoms with Gasteiger partial charge in [-0.2, -0.15) is 0 Å². The zero-order valence-electron chi connectivity index (χ0n) is 10.9. The predicted octanol–water partition coefficient (Wildman–Crippen LogP) is 3.88. The standard InChI is InChI=1S/C16H12O4S/c17-12-2-4-13(5-3-12)20-8-11-9-21-15-6-1-10(16(18)19)7-14(11)15/h1-7,9,17H,8H2,(H,18,19). The van der Waals surface area contributed by atoms with E-state index in [0.717, 1.165) is 15.6 Å². The van der Waals surface area contributed by atoms with Gasteiger partial charge in [0.15, 0.2) is 0 Å². The first-order valence-electron chi connectivity index (χ1n) is 6.29. The van der Waals surface area contributed by atoms with E-state index in [4.69, 9.17) is 9.84 Å². The molecule has 0 aliphatic rings. The van der Waals surface area contributed by atoms with Crippen LogP contribution in [0.1, 0.15) is 15.9 Å². The second-order valence-corrected chi connectivity index (χ2v) is 5.47. The number of aromatic carboxylic acids is 1. The molecule has 0 bridgehead atoms. The van der Waals surface area contributed by atoms with Crippen molar-refractivity contribution in [3.63, 3.8) is 0 Å². The van der Waals surface area contributed by atoms with Crippen LogP contribution in [0.3, 0.4) is 0 Å².